The van der Waals surface area contributed by atoms with Crippen molar-refractivity contribution < 1.29 is 8.42 Å². The van der Waals surface area contributed by atoms with Crippen molar-refractivity contribution in [1.29, 1.82) is 0 Å². The van der Waals surface area contributed by atoms with Crippen LogP contribution in [0.4, 0.5) is 0 Å². The minimum absolute atomic E-state index is 0.351. The first-order chi connectivity index (χ1) is 9.88. The second-order valence-corrected chi connectivity index (χ2v) is 7.59. The molecule has 0 aliphatic carbocycles. The fourth-order valence-corrected chi connectivity index (χ4v) is 3.71. The van der Waals surface area contributed by atoms with Gasteiger partial charge in [-0.1, -0.05) is 12.1 Å². The Morgan fingerprint density at radius 1 is 1.33 bits per heavy atom. The van der Waals surface area contributed by atoms with Crippen LogP contribution >= 0.6 is 15.9 Å². The first kappa shape index (κ1) is 16.2. The molecule has 0 unspecified atom stereocenters. The van der Waals surface area contributed by atoms with E-state index in [2.05, 4.69) is 25.8 Å². The number of nitrogens with zero attached hydrogens (tertiary/aromatic N) is 2. The van der Waals surface area contributed by atoms with Crippen LogP contribution in [0.5, 0.6) is 0 Å². The van der Waals surface area contributed by atoms with E-state index >= 15 is 0 Å². The van der Waals surface area contributed by atoms with Crippen molar-refractivity contribution in [1.82, 2.24) is 14.5 Å². The summed E-state index contributed by atoms with van der Waals surface area (Å²) in [6, 6.07) is 5.43. The molecular formula is C14H18BrN3O2S. The van der Waals surface area contributed by atoms with Gasteiger partial charge < -0.3 is 0 Å². The Hall–Kier alpha value is -1.18. The molecule has 0 bridgehead atoms. The maximum atomic E-state index is 12.3. The van der Waals surface area contributed by atoms with Gasteiger partial charge in [0.15, 0.2) is 0 Å². The predicted octanol–water partition coefficient (Wildman–Crippen LogP) is 2.63. The summed E-state index contributed by atoms with van der Waals surface area (Å²) in [5, 5.41) is 4.13. The van der Waals surface area contributed by atoms with Gasteiger partial charge in [-0.05, 0) is 53.4 Å². The number of nitrogens with one attached hydrogen (secondary N) is 1. The molecule has 7 heteroatoms. The largest absolute Gasteiger partial charge is 0.272 e. The predicted molar refractivity (Wildman–Crippen MR) is 85.6 cm³/mol. The summed E-state index contributed by atoms with van der Waals surface area (Å²) in [4.78, 5) is 0.351. The van der Waals surface area contributed by atoms with Gasteiger partial charge in [0.25, 0.3) is 0 Å². The van der Waals surface area contributed by atoms with Crippen LogP contribution in [0.15, 0.2) is 40.0 Å². The number of rotatable bonds is 6. The molecule has 0 saturated carbocycles. The molecule has 2 aromatic rings. The van der Waals surface area contributed by atoms with Crippen molar-refractivity contribution in [3.05, 3.63) is 46.2 Å². The van der Waals surface area contributed by atoms with Crippen molar-refractivity contribution in [3.8, 4) is 0 Å². The number of halogens is 1. The average molecular weight is 372 g/mol. The Kier molecular flexibility index (Phi) is 5.18. The molecule has 0 atom stereocenters. The zero-order valence-corrected chi connectivity index (χ0v) is 14.4. The van der Waals surface area contributed by atoms with Crippen molar-refractivity contribution in [2.45, 2.75) is 31.7 Å². The molecule has 0 aliphatic rings. The van der Waals surface area contributed by atoms with E-state index in [1.165, 1.54) is 0 Å². The lowest BCUT2D eigenvalue weighted by Gasteiger charge is -2.10. The molecular weight excluding hydrogens is 354 g/mol. The molecule has 21 heavy (non-hydrogen) atoms. The van der Waals surface area contributed by atoms with Gasteiger partial charge in [-0.2, -0.15) is 5.10 Å². The Morgan fingerprint density at radius 3 is 2.76 bits per heavy atom. The fraction of sp³-hybridized carbons (Fsp3) is 0.357. The quantitative estimate of drug-likeness (QED) is 0.793. The van der Waals surface area contributed by atoms with Gasteiger partial charge in [-0.15, -0.1) is 0 Å². The van der Waals surface area contributed by atoms with Crippen molar-refractivity contribution in [2.75, 3.05) is 6.54 Å². The summed E-state index contributed by atoms with van der Waals surface area (Å²) in [6.45, 7) is 4.73. The third kappa shape index (κ3) is 4.39. The third-order valence-corrected chi connectivity index (χ3v) is 5.10. The van der Waals surface area contributed by atoms with Gasteiger partial charge in [0.1, 0.15) is 0 Å². The van der Waals surface area contributed by atoms with Crippen LogP contribution in [0, 0.1) is 13.8 Å². The second kappa shape index (κ2) is 6.72. The van der Waals surface area contributed by atoms with Crippen molar-refractivity contribution in [2.24, 2.45) is 0 Å². The highest BCUT2D eigenvalue weighted by molar-refractivity contribution is 9.10. The number of hydrogen-bond acceptors (Lipinski definition) is 3. The maximum absolute atomic E-state index is 12.3. The summed E-state index contributed by atoms with van der Waals surface area (Å²) in [7, 11) is -3.45. The summed E-state index contributed by atoms with van der Waals surface area (Å²) >= 11 is 3.32. The zero-order chi connectivity index (χ0) is 15.5. The summed E-state index contributed by atoms with van der Waals surface area (Å²) in [5.41, 5.74) is 1.69. The van der Waals surface area contributed by atoms with E-state index in [9.17, 15) is 8.42 Å². The summed E-state index contributed by atoms with van der Waals surface area (Å²) in [6.07, 6.45) is 4.25. The lowest BCUT2D eigenvalue weighted by molar-refractivity contribution is 0.552. The van der Waals surface area contributed by atoms with Crippen LogP contribution in [0.2, 0.25) is 0 Å². The first-order valence-electron chi connectivity index (χ1n) is 6.63. The molecule has 1 aromatic carbocycles. The van der Waals surface area contributed by atoms with E-state index in [1.807, 2.05) is 25.3 Å². The van der Waals surface area contributed by atoms with Gasteiger partial charge in [0, 0.05) is 19.3 Å². The van der Waals surface area contributed by atoms with E-state index in [1.54, 1.807) is 23.9 Å². The molecule has 2 rings (SSSR count). The minimum Gasteiger partial charge on any atom is -0.272 e. The normalized spacial score (nSPS) is 11.8. The Bertz CT molecular complexity index is 726. The lowest BCUT2D eigenvalue weighted by Crippen LogP contribution is -2.26. The molecule has 0 saturated heterocycles. The van der Waals surface area contributed by atoms with Gasteiger partial charge >= 0.3 is 0 Å². The Labute approximate surface area is 133 Å². The number of hydrogen-bond donors (Lipinski definition) is 1. The van der Waals surface area contributed by atoms with Crippen LogP contribution < -0.4 is 4.72 Å². The van der Waals surface area contributed by atoms with Gasteiger partial charge in [0.05, 0.1) is 15.6 Å². The lowest BCUT2D eigenvalue weighted by atomic mass is 10.2. The van der Waals surface area contributed by atoms with Gasteiger partial charge in [-0.3, -0.25) is 4.68 Å². The van der Waals surface area contributed by atoms with E-state index in [0.29, 0.717) is 24.4 Å². The number of sulfonamides is 1. The SMILES string of the molecule is Cc1ccc(C)c(S(=O)(=O)NCCCn2cc(Br)cn2)c1. The molecule has 0 fully saturated rings. The molecule has 1 heterocycles. The molecule has 1 N–H and O–H groups in total. The van der Waals surface area contributed by atoms with Crippen LogP contribution in [0.3, 0.4) is 0 Å². The molecule has 0 amide bonds. The van der Waals surface area contributed by atoms with Crippen LogP contribution in [-0.2, 0) is 16.6 Å². The number of aryl methyl sites for hydroxylation is 3. The monoisotopic (exact) mass is 371 g/mol. The van der Waals surface area contributed by atoms with E-state index in [0.717, 1.165) is 15.6 Å². The minimum atomic E-state index is -3.45. The molecule has 0 aliphatic heterocycles. The highest BCUT2D eigenvalue weighted by Gasteiger charge is 2.16. The smallest absolute Gasteiger partial charge is 0.240 e. The molecule has 114 valence electrons. The standard InChI is InChI=1S/C14H18BrN3O2S/c1-11-4-5-12(2)14(8-11)21(19,20)17-6-3-7-18-10-13(15)9-16-18/h4-5,8-10,17H,3,6-7H2,1-2H3. The van der Waals surface area contributed by atoms with Crippen LogP contribution in [0.1, 0.15) is 17.5 Å². The van der Waals surface area contributed by atoms with E-state index < -0.39 is 10.0 Å². The number of benzene rings is 1. The molecule has 0 radical (unpaired) electrons. The van der Waals surface area contributed by atoms with Crippen molar-refractivity contribution >= 4 is 26.0 Å². The van der Waals surface area contributed by atoms with Crippen molar-refractivity contribution in [3.63, 3.8) is 0 Å². The first-order valence-corrected chi connectivity index (χ1v) is 8.91. The summed E-state index contributed by atoms with van der Waals surface area (Å²) in [5.74, 6) is 0. The number of aromatic nitrogens is 2. The Morgan fingerprint density at radius 2 is 2.10 bits per heavy atom. The fourth-order valence-electron chi connectivity index (χ4n) is 1.98. The van der Waals surface area contributed by atoms with Crippen LogP contribution in [0.25, 0.3) is 0 Å². The van der Waals surface area contributed by atoms with Gasteiger partial charge in [0.2, 0.25) is 10.0 Å². The Balaban J connectivity index is 1.94. The second-order valence-electron chi connectivity index (χ2n) is 4.94. The topological polar surface area (TPSA) is 64.0 Å². The highest BCUT2D eigenvalue weighted by Crippen LogP contribution is 2.16. The molecule has 1 aromatic heterocycles. The van der Waals surface area contributed by atoms with Gasteiger partial charge in [-0.25, -0.2) is 13.1 Å². The van der Waals surface area contributed by atoms with E-state index in [-0.39, 0.29) is 0 Å². The molecule has 0 spiro atoms. The zero-order valence-electron chi connectivity index (χ0n) is 12.0. The highest BCUT2D eigenvalue weighted by atomic mass is 79.9. The maximum Gasteiger partial charge on any atom is 0.240 e. The van der Waals surface area contributed by atoms with Crippen LogP contribution in [-0.4, -0.2) is 24.7 Å². The third-order valence-electron chi connectivity index (χ3n) is 3.09. The van der Waals surface area contributed by atoms with E-state index in [4.69, 9.17) is 0 Å². The molecule has 5 nitrogen and oxygen atoms in total. The average Bonchev–Trinajstić information content (AvgIpc) is 2.83. The summed E-state index contributed by atoms with van der Waals surface area (Å²) < 4.78 is 29.9.